The molecule has 0 saturated carbocycles. The van der Waals surface area contributed by atoms with E-state index in [1.807, 2.05) is 32.6 Å². The predicted molar refractivity (Wildman–Crippen MR) is 53.9 cm³/mol. The van der Waals surface area contributed by atoms with Gasteiger partial charge in [-0.25, -0.2) is 0 Å². The van der Waals surface area contributed by atoms with E-state index in [1.54, 1.807) is 0 Å². The van der Waals surface area contributed by atoms with Gasteiger partial charge in [-0.15, -0.1) is 0 Å². The second kappa shape index (κ2) is 4.56. The van der Waals surface area contributed by atoms with Crippen LogP contribution in [0.5, 0.6) is 0 Å². The monoisotopic (exact) mass is 209 g/mol. The maximum Gasteiger partial charge on any atom is 0.327 e. The molecule has 0 atom stereocenters. The maximum absolute atomic E-state index is 10.9. The van der Waals surface area contributed by atoms with Gasteiger partial charge in [0.15, 0.2) is 0 Å². The fourth-order valence-corrected chi connectivity index (χ4v) is 2.89. The van der Waals surface area contributed by atoms with Gasteiger partial charge in [-0.1, -0.05) is 13.8 Å². The van der Waals surface area contributed by atoms with Crippen molar-refractivity contribution < 1.29 is 14.4 Å². The summed E-state index contributed by atoms with van der Waals surface area (Å²) in [5.74, 6) is 0. The van der Waals surface area contributed by atoms with Gasteiger partial charge < -0.3 is 9.79 Å². The number of rotatable bonds is 5. The number of hydrogen-bond donors (Lipinski definition) is 2. The Morgan fingerprint density at radius 1 is 1.23 bits per heavy atom. The molecule has 5 heteroatoms. The van der Waals surface area contributed by atoms with E-state index in [-0.39, 0.29) is 6.16 Å². The van der Waals surface area contributed by atoms with Crippen molar-refractivity contribution in [1.29, 1.82) is 0 Å². The quantitative estimate of drug-likeness (QED) is 0.670. The van der Waals surface area contributed by atoms with Crippen molar-refractivity contribution in [3.63, 3.8) is 0 Å². The summed E-state index contributed by atoms with van der Waals surface area (Å²) < 4.78 is 10.9. The molecule has 0 saturated heterocycles. The number of nitrogens with zero attached hydrogens (tertiary/aromatic N) is 1. The molecule has 0 bridgehead atoms. The minimum atomic E-state index is -3.91. The molecular weight excluding hydrogens is 189 g/mol. The van der Waals surface area contributed by atoms with E-state index in [2.05, 4.69) is 0 Å². The van der Waals surface area contributed by atoms with E-state index in [0.717, 1.165) is 13.1 Å². The smallest absolute Gasteiger partial charge is 0.324 e. The van der Waals surface area contributed by atoms with Gasteiger partial charge in [0.05, 0.1) is 6.16 Å². The maximum atomic E-state index is 10.9. The lowest BCUT2D eigenvalue weighted by Gasteiger charge is -2.37. The van der Waals surface area contributed by atoms with Crippen LogP contribution in [0.25, 0.3) is 0 Å². The first-order chi connectivity index (χ1) is 5.73. The minimum Gasteiger partial charge on any atom is -0.324 e. The normalized spacial score (nSPS) is 13.8. The van der Waals surface area contributed by atoms with Crippen LogP contribution in [0.3, 0.4) is 0 Å². The summed E-state index contributed by atoms with van der Waals surface area (Å²) in [6.45, 7) is 9.32. The Balaban J connectivity index is 4.45. The zero-order valence-electron chi connectivity index (χ0n) is 8.82. The fourth-order valence-electron chi connectivity index (χ4n) is 1.68. The van der Waals surface area contributed by atoms with Crippen molar-refractivity contribution >= 4 is 7.60 Å². The summed E-state index contributed by atoms with van der Waals surface area (Å²) in [6, 6.07) is 0. The summed E-state index contributed by atoms with van der Waals surface area (Å²) in [5, 5.41) is 0. The third-order valence-corrected chi connectivity index (χ3v) is 3.40. The second-order valence-electron chi connectivity index (χ2n) is 3.81. The second-order valence-corrected chi connectivity index (χ2v) is 5.45. The molecule has 0 spiro atoms. The first-order valence-electron chi connectivity index (χ1n) is 4.52. The zero-order valence-corrected chi connectivity index (χ0v) is 9.71. The highest BCUT2D eigenvalue weighted by Crippen LogP contribution is 2.39. The van der Waals surface area contributed by atoms with Crippen molar-refractivity contribution in [2.24, 2.45) is 0 Å². The molecular formula is C8H20NO3P. The molecule has 13 heavy (non-hydrogen) atoms. The lowest BCUT2D eigenvalue weighted by atomic mass is 10.1. The van der Waals surface area contributed by atoms with Crippen LogP contribution in [0, 0.1) is 0 Å². The molecule has 0 amide bonds. The fraction of sp³-hybridized carbons (Fsp3) is 1.00. The lowest BCUT2D eigenvalue weighted by Crippen LogP contribution is -2.46. The Hall–Kier alpha value is 0.110. The molecule has 0 unspecified atom stereocenters. The topological polar surface area (TPSA) is 60.8 Å². The van der Waals surface area contributed by atoms with Crippen LogP contribution in [-0.2, 0) is 4.57 Å². The average molecular weight is 209 g/mol. The standard InChI is InChI=1S/C8H20NO3P/c1-5-9(6-2)8(3,4)7-13(10,11)12/h5-7H2,1-4H3,(H2,10,11,12). The molecule has 0 heterocycles. The molecule has 0 aliphatic rings. The predicted octanol–water partition coefficient (Wildman–Crippen LogP) is 1.28. The Labute approximate surface area is 80.1 Å². The summed E-state index contributed by atoms with van der Waals surface area (Å²) in [4.78, 5) is 19.8. The van der Waals surface area contributed by atoms with Crippen LogP contribution >= 0.6 is 7.60 Å². The molecule has 4 nitrogen and oxygen atoms in total. The molecule has 0 rings (SSSR count). The molecule has 0 aromatic heterocycles. The van der Waals surface area contributed by atoms with Crippen LogP contribution < -0.4 is 0 Å². The van der Waals surface area contributed by atoms with Gasteiger partial charge >= 0.3 is 7.60 Å². The molecule has 0 fully saturated rings. The SMILES string of the molecule is CCN(CC)C(C)(C)CP(=O)(O)O. The largest absolute Gasteiger partial charge is 0.327 e. The van der Waals surface area contributed by atoms with Crippen LogP contribution in [0.2, 0.25) is 0 Å². The molecule has 0 aromatic carbocycles. The van der Waals surface area contributed by atoms with Crippen molar-refractivity contribution in [2.75, 3.05) is 19.3 Å². The van der Waals surface area contributed by atoms with E-state index in [0.29, 0.717) is 0 Å². The highest BCUT2D eigenvalue weighted by atomic mass is 31.2. The van der Waals surface area contributed by atoms with Gasteiger partial charge in [-0.3, -0.25) is 9.46 Å². The van der Waals surface area contributed by atoms with Gasteiger partial charge in [-0.05, 0) is 26.9 Å². The third kappa shape index (κ3) is 4.77. The summed E-state index contributed by atoms with van der Waals surface area (Å²) >= 11 is 0. The Bertz CT molecular complexity index is 196. The molecule has 2 N–H and O–H groups in total. The summed E-state index contributed by atoms with van der Waals surface area (Å²) in [5.41, 5.74) is -0.428. The van der Waals surface area contributed by atoms with Crippen LogP contribution in [0.15, 0.2) is 0 Å². The van der Waals surface area contributed by atoms with E-state index in [9.17, 15) is 4.57 Å². The van der Waals surface area contributed by atoms with Crippen LogP contribution in [-0.4, -0.2) is 39.5 Å². The Morgan fingerprint density at radius 2 is 1.62 bits per heavy atom. The van der Waals surface area contributed by atoms with Crippen molar-refractivity contribution in [3.8, 4) is 0 Å². The summed E-state index contributed by atoms with van der Waals surface area (Å²) in [7, 11) is -3.91. The molecule has 80 valence electrons. The van der Waals surface area contributed by atoms with Gasteiger partial charge in [-0.2, -0.15) is 0 Å². The first-order valence-corrected chi connectivity index (χ1v) is 6.32. The van der Waals surface area contributed by atoms with Gasteiger partial charge in [0.2, 0.25) is 0 Å². The minimum absolute atomic E-state index is 0.0817. The van der Waals surface area contributed by atoms with E-state index >= 15 is 0 Å². The van der Waals surface area contributed by atoms with Crippen LogP contribution in [0.1, 0.15) is 27.7 Å². The van der Waals surface area contributed by atoms with Gasteiger partial charge in [0, 0.05) is 5.54 Å². The Kier molecular flexibility index (Phi) is 4.60. The van der Waals surface area contributed by atoms with Crippen molar-refractivity contribution in [2.45, 2.75) is 33.2 Å². The molecule has 0 aliphatic carbocycles. The van der Waals surface area contributed by atoms with Gasteiger partial charge in [0.1, 0.15) is 0 Å². The molecule has 0 radical (unpaired) electrons. The highest BCUT2D eigenvalue weighted by Gasteiger charge is 2.32. The van der Waals surface area contributed by atoms with Gasteiger partial charge in [0.25, 0.3) is 0 Å². The van der Waals surface area contributed by atoms with Crippen LogP contribution in [0.4, 0.5) is 0 Å². The third-order valence-electron chi connectivity index (χ3n) is 2.21. The molecule has 0 aromatic rings. The first kappa shape index (κ1) is 13.1. The molecule has 0 aliphatic heterocycles. The average Bonchev–Trinajstić information content (AvgIpc) is 1.83. The zero-order chi connectivity index (χ0) is 10.7. The number of hydrogen-bond acceptors (Lipinski definition) is 2. The van der Waals surface area contributed by atoms with E-state index in [1.165, 1.54) is 0 Å². The highest BCUT2D eigenvalue weighted by molar-refractivity contribution is 7.51. The summed E-state index contributed by atoms with van der Waals surface area (Å²) in [6.07, 6.45) is -0.0817. The van der Waals surface area contributed by atoms with E-state index in [4.69, 9.17) is 9.79 Å². The van der Waals surface area contributed by atoms with Crippen molar-refractivity contribution in [1.82, 2.24) is 4.90 Å². The van der Waals surface area contributed by atoms with E-state index < -0.39 is 13.1 Å². The lowest BCUT2D eigenvalue weighted by molar-refractivity contribution is 0.149. The van der Waals surface area contributed by atoms with Crippen molar-refractivity contribution in [3.05, 3.63) is 0 Å². The Morgan fingerprint density at radius 3 is 1.85 bits per heavy atom.